The fourth-order valence-corrected chi connectivity index (χ4v) is 2.04. The summed E-state index contributed by atoms with van der Waals surface area (Å²) in [6.45, 7) is 0. The van der Waals surface area contributed by atoms with Gasteiger partial charge in [-0.15, -0.1) is 0 Å². The molecule has 0 saturated carbocycles. The standard InChI is InChI=1S/C16H10BrNO/c17-15-9-5-4-8-13(15)10-14(11-18)16(19)12-6-2-1-3-7-12/h1-10H/b14-10-. The topological polar surface area (TPSA) is 40.9 Å². The zero-order chi connectivity index (χ0) is 13.7. The summed E-state index contributed by atoms with van der Waals surface area (Å²) in [5, 5.41) is 9.16. The maximum atomic E-state index is 12.2. The maximum absolute atomic E-state index is 12.2. The summed E-state index contributed by atoms with van der Waals surface area (Å²) in [4.78, 5) is 12.2. The molecule has 0 spiro atoms. The van der Waals surface area contributed by atoms with Crippen molar-refractivity contribution in [1.82, 2.24) is 0 Å². The van der Waals surface area contributed by atoms with E-state index < -0.39 is 0 Å². The number of hydrogen-bond acceptors (Lipinski definition) is 2. The Morgan fingerprint density at radius 3 is 2.32 bits per heavy atom. The Morgan fingerprint density at radius 1 is 1.05 bits per heavy atom. The van der Waals surface area contributed by atoms with Crippen molar-refractivity contribution >= 4 is 27.8 Å². The van der Waals surface area contributed by atoms with Crippen LogP contribution in [0.15, 0.2) is 64.6 Å². The highest BCUT2D eigenvalue weighted by atomic mass is 79.9. The van der Waals surface area contributed by atoms with Crippen molar-refractivity contribution in [2.75, 3.05) is 0 Å². The van der Waals surface area contributed by atoms with Gasteiger partial charge in [0, 0.05) is 10.0 Å². The molecule has 0 fully saturated rings. The SMILES string of the molecule is N#C/C(=C/c1ccccc1Br)C(=O)c1ccccc1. The number of hydrogen-bond donors (Lipinski definition) is 0. The van der Waals surface area contributed by atoms with Gasteiger partial charge in [-0.3, -0.25) is 4.79 Å². The van der Waals surface area contributed by atoms with Crippen molar-refractivity contribution in [1.29, 1.82) is 5.26 Å². The molecule has 2 rings (SSSR count). The molecule has 2 aromatic rings. The third kappa shape index (κ3) is 3.18. The minimum Gasteiger partial charge on any atom is -0.288 e. The van der Waals surface area contributed by atoms with E-state index in [1.807, 2.05) is 36.4 Å². The van der Waals surface area contributed by atoms with Gasteiger partial charge in [0.1, 0.15) is 11.6 Å². The first-order valence-electron chi connectivity index (χ1n) is 5.68. The van der Waals surface area contributed by atoms with Gasteiger partial charge < -0.3 is 0 Å². The fourth-order valence-electron chi connectivity index (χ4n) is 1.64. The molecule has 0 N–H and O–H groups in total. The third-order valence-corrected chi connectivity index (χ3v) is 3.33. The molecule has 0 heterocycles. The normalized spacial score (nSPS) is 10.8. The lowest BCUT2D eigenvalue weighted by atomic mass is 10.0. The first-order chi connectivity index (χ1) is 9.22. The van der Waals surface area contributed by atoms with E-state index in [4.69, 9.17) is 5.26 Å². The molecule has 0 aromatic heterocycles. The number of carbonyl (C=O) groups excluding carboxylic acids is 1. The van der Waals surface area contributed by atoms with Crippen molar-refractivity contribution in [3.8, 4) is 6.07 Å². The van der Waals surface area contributed by atoms with Crippen LogP contribution in [0.2, 0.25) is 0 Å². The minimum absolute atomic E-state index is 0.123. The predicted molar refractivity (Wildman–Crippen MR) is 78.5 cm³/mol. The van der Waals surface area contributed by atoms with Gasteiger partial charge in [0.15, 0.2) is 0 Å². The van der Waals surface area contributed by atoms with Gasteiger partial charge in [0.05, 0.1) is 0 Å². The quantitative estimate of drug-likeness (QED) is 0.483. The van der Waals surface area contributed by atoms with Crippen LogP contribution in [-0.4, -0.2) is 5.78 Å². The van der Waals surface area contributed by atoms with Crippen LogP contribution in [0.5, 0.6) is 0 Å². The van der Waals surface area contributed by atoms with Gasteiger partial charge in [0.25, 0.3) is 0 Å². The molecule has 19 heavy (non-hydrogen) atoms. The van der Waals surface area contributed by atoms with E-state index in [-0.39, 0.29) is 11.4 Å². The Balaban J connectivity index is 2.39. The van der Waals surface area contributed by atoms with Crippen molar-refractivity contribution in [3.63, 3.8) is 0 Å². The summed E-state index contributed by atoms with van der Waals surface area (Å²) in [7, 11) is 0. The lowest BCUT2D eigenvalue weighted by molar-refractivity contribution is 0.104. The fraction of sp³-hybridized carbons (Fsp3) is 0. The van der Waals surface area contributed by atoms with E-state index in [1.54, 1.807) is 30.3 Å². The lowest BCUT2D eigenvalue weighted by Crippen LogP contribution is -2.01. The Kier molecular flexibility index (Phi) is 4.27. The first-order valence-corrected chi connectivity index (χ1v) is 6.48. The van der Waals surface area contributed by atoms with Gasteiger partial charge in [-0.25, -0.2) is 0 Å². The average Bonchev–Trinajstić information content (AvgIpc) is 2.47. The molecular weight excluding hydrogens is 302 g/mol. The number of nitrogens with zero attached hydrogens (tertiary/aromatic N) is 1. The lowest BCUT2D eigenvalue weighted by Gasteiger charge is -2.01. The van der Waals surface area contributed by atoms with Crippen molar-refractivity contribution in [2.45, 2.75) is 0 Å². The zero-order valence-corrected chi connectivity index (χ0v) is 11.6. The van der Waals surface area contributed by atoms with Crippen molar-refractivity contribution in [3.05, 3.63) is 75.8 Å². The van der Waals surface area contributed by atoms with E-state index in [0.717, 1.165) is 10.0 Å². The number of halogens is 1. The highest BCUT2D eigenvalue weighted by Crippen LogP contribution is 2.20. The van der Waals surface area contributed by atoms with E-state index >= 15 is 0 Å². The minimum atomic E-state index is -0.265. The average molecular weight is 312 g/mol. The molecule has 2 nitrogen and oxygen atoms in total. The summed E-state index contributed by atoms with van der Waals surface area (Å²) in [5.41, 5.74) is 1.45. The smallest absolute Gasteiger partial charge is 0.203 e. The molecule has 0 aliphatic rings. The van der Waals surface area contributed by atoms with Crippen molar-refractivity contribution < 1.29 is 4.79 Å². The molecule has 3 heteroatoms. The van der Waals surface area contributed by atoms with Crippen LogP contribution >= 0.6 is 15.9 Å². The van der Waals surface area contributed by atoms with E-state index in [0.29, 0.717) is 5.56 Å². The van der Waals surface area contributed by atoms with Gasteiger partial charge in [-0.2, -0.15) is 5.26 Å². The molecule has 0 bridgehead atoms. The number of benzene rings is 2. The first kappa shape index (κ1) is 13.3. The van der Waals surface area contributed by atoms with Gasteiger partial charge in [0.2, 0.25) is 5.78 Å². The summed E-state index contributed by atoms with van der Waals surface area (Å²) >= 11 is 3.39. The summed E-state index contributed by atoms with van der Waals surface area (Å²) in [5.74, 6) is -0.265. The molecule has 0 atom stereocenters. The van der Waals surface area contributed by atoms with Gasteiger partial charge in [-0.1, -0.05) is 64.5 Å². The van der Waals surface area contributed by atoms with Crippen LogP contribution in [-0.2, 0) is 0 Å². The molecule has 0 aliphatic heterocycles. The summed E-state index contributed by atoms with van der Waals surface area (Å²) in [6.07, 6.45) is 1.60. The molecule has 0 saturated heterocycles. The van der Waals surface area contributed by atoms with Gasteiger partial charge >= 0.3 is 0 Å². The Hall–Kier alpha value is -2.18. The number of allylic oxidation sites excluding steroid dienone is 1. The number of rotatable bonds is 3. The number of ketones is 1. The number of carbonyl (C=O) groups is 1. The highest BCUT2D eigenvalue weighted by molar-refractivity contribution is 9.10. The second-order valence-corrected chi connectivity index (χ2v) is 4.74. The zero-order valence-electron chi connectivity index (χ0n) is 10.0. The maximum Gasteiger partial charge on any atom is 0.203 e. The van der Waals surface area contributed by atoms with Crippen LogP contribution in [0.3, 0.4) is 0 Å². The molecule has 0 radical (unpaired) electrons. The van der Waals surface area contributed by atoms with Crippen LogP contribution in [0.4, 0.5) is 0 Å². The molecule has 92 valence electrons. The summed E-state index contributed by atoms with van der Waals surface area (Å²) < 4.78 is 0.851. The largest absolute Gasteiger partial charge is 0.288 e. The van der Waals surface area contributed by atoms with Crippen LogP contribution in [0.1, 0.15) is 15.9 Å². The number of nitriles is 1. The molecule has 0 unspecified atom stereocenters. The van der Waals surface area contributed by atoms with Crippen LogP contribution < -0.4 is 0 Å². The summed E-state index contributed by atoms with van der Waals surface area (Å²) in [6, 6.07) is 18.2. The van der Waals surface area contributed by atoms with Gasteiger partial charge in [-0.05, 0) is 17.7 Å². The molecular formula is C16H10BrNO. The van der Waals surface area contributed by atoms with E-state index in [1.165, 1.54) is 0 Å². The Labute approximate surface area is 120 Å². The van der Waals surface area contributed by atoms with Crippen LogP contribution in [0.25, 0.3) is 6.08 Å². The molecule has 0 aliphatic carbocycles. The second-order valence-electron chi connectivity index (χ2n) is 3.89. The number of Topliss-reactive ketones (excluding diaryl/α,β-unsaturated/α-hetero) is 1. The highest BCUT2D eigenvalue weighted by Gasteiger charge is 2.11. The predicted octanol–water partition coefficient (Wildman–Crippen LogP) is 4.24. The monoisotopic (exact) mass is 311 g/mol. The Morgan fingerprint density at radius 2 is 1.68 bits per heavy atom. The van der Waals surface area contributed by atoms with Crippen LogP contribution in [0, 0.1) is 11.3 Å². The van der Waals surface area contributed by atoms with E-state index in [9.17, 15) is 4.79 Å². The molecule has 2 aromatic carbocycles. The second kappa shape index (κ2) is 6.12. The Bertz CT molecular complexity index is 669. The molecule has 0 amide bonds. The van der Waals surface area contributed by atoms with Crippen molar-refractivity contribution in [2.24, 2.45) is 0 Å². The third-order valence-electron chi connectivity index (χ3n) is 2.61. The van der Waals surface area contributed by atoms with E-state index in [2.05, 4.69) is 15.9 Å².